The van der Waals surface area contributed by atoms with Crippen molar-refractivity contribution in [3.63, 3.8) is 0 Å². The maximum absolute atomic E-state index is 14.9. The largest absolute Gasteiger partial charge is 0.239 e. The van der Waals surface area contributed by atoms with Crippen LogP contribution in [0.15, 0.2) is 72.8 Å². The third-order valence-corrected chi connectivity index (χ3v) is 7.03. The minimum atomic E-state index is -1.69. The summed E-state index contributed by atoms with van der Waals surface area (Å²) in [7, 11) is 0. The van der Waals surface area contributed by atoms with E-state index in [0.717, 1.165) is 29.9 Å². The van der Waals surface area contributed by atoms with Crippen LogP contribution in [0.3, 0.4) is 0 Å². The molecule has 2 aromatic rings. The first-order valence-electron chi connectivity index (χ1n) is 11.7. The summed E-state index contributed by atoms with van der Waals surface area (Å²) >= 11 is 0. The van der Waals surface area contributed by atoms with Crippen molar-refractivity contribution in [2.75, 3.05) is 0 Å². The van der Waals surface area contributed by atoms with E-state index in [-0.39, 0.29) is 5.82 Å². The fourth-order valence-corrected chi connectivity index (χ4v) is 4.93. The summed E-state index contributed by atoms with van der Waals surface area (Å²) in [6, 6.07) is 12.6. The minimum absolute atomic E-state index is 0.229. The smallest absolute Gasteiger partial charge is 0.161 e. The molecule has 2 aliphatic rings. The second-order valence-electron chi connectivity index (χ2n) is 9.27. The molecule has 0 spiro atoms. The van der Waals surface area contributed by atoms with Gasteiger partial charge in [-0.3, -0.25) is 0 Å². The molecule has 0 nitrogen and oxygen atoms in total. The van der Waals surface area contributed by atoms with Gasteiger partial charge in [-0.1, -0.05) is 74.4 Å². The Morgan fingerprint density at radius 2 is 1.59 bits per heavy atom. The molecule has 0 saturated heterocycles. The lowest BCUT2D eigenvalue weighted by Gasteiger charge is -2.26. The lowest BCUT2D eigenvalue weighted by Crippen LogP contribution is -2.24. The zero-order valence-corrected chi connectivity index (χ0v) is 18.7. The molecule has 0 aliphatic heterocycles. The molecule has 4 rings (SSSR count). The van der Waals surface area contributed by atoms with Crippen molar-refractivity contribution in [1.82, 2.24) is 0 Å². The highest BCUT2D eigenvalue weighted by atomic mass is 19.2. The number of hydrogen-bond acceptors (Lipinski definition) is 0. The summed E-state index contributed by atoms with van der Waals surface area (Å²) in [6.45, 7) is 5.92. The molecule has 0 aromatic heterocycles. The van der Waals surface area contributed by atoms with E-state index in [0.29, 0.717) is 41.0 Å². The van der Waals surface area contributed by atoms with Crippen molar-refractivity contribution in [2.24, 2.45) is 5.92 Å². The van der Waals surface area contributed by atoms with Gasteiger partial charge in [-0.25, -0.2) is 13.2 Å². The van der Waals surface area contributed by atoms with Gasteiger partial charge in [0.15, 0.2) is 12.3 Å². The van der Waals surface area contributed by atoms with Crippen molar-refractivity contribution in [1.29, 1.82) is 0 Å². The van der Waals surface area contributed by atoms with Gasteiger partial charge in [0.25, 0.3) is 0 Å². The Labute approximate surface area is 189 Å². The van der Waals surface area contributed by atoms with E-state index in [4.69, 9.17) is 0 Å². The Balaban J connectivity index is 1.52. The summed E-state index contributed by atoms with van der Waals surface area (Å²) in [4.78, 5) is 0. The number of halogens is 3. The Morgan fingerprint density at radius 3 is 2.25 bits per heavy atom. The molecule has 3 heteroatoms. The van der Waals surface area contributed by atoms with Gasteiger partial charge in [0.2, 0.25) is 0 Å². The first-order chi connectivity index (χ1) is 15.5. The van der Waals surface area contributed by atoms with Crippen LogP contribution in [-0.4, -0.2) is 12.3 Å². The average molecular weight is 437 g/mol. The maximum atomic E-state index is 14.9. The summed E-state index contributed by atoms with van der Waals surface area (Å²) in [6.07, 6.45) is 7.46. The zero-order chi connectivity index (χ0) is 22.7. The van der Waals surface area contributed by atoms with Crippen LogP contribution in [0.1, 0.15) is 62.5 Å². The van der Waals surface area contributed by atoms with E-state index >= 15 is 0 Å². The molecule has 0 N–H and O–H groups in total. The Hall–Kier alpha value is -2.55. The minimum Gasteiger partial charge on any atom is -0.239 e. The molecule has 2 aliphatic carbocycles. The van der Waals surface area contributed by atoms with E-state index < -0.39 is 12.3 Å². The van der Waals surface area contributed by atoms with Crippen molar-refractivity contribution < 1.29 is 13.2 Å². The number of allylic oxidation sites excluding steroid dienone is 5. The predicted octanol–water partition coefficient (Wildman–Crippen LogP) is 8.75. The molecule has 1 saturated carbocycles. The molecule has 2 aromatic carbocycles. The van der Waals surface area contributed by atoms with E-state index in [9.17, 15) is 13.2 Å². The van der Waals surface area contributed by atoms with Gasteiger partial charge in [0.05, 0.1) is 0 Å². The Bertz CT molecular complexity index is 1010. The van der Waals surface area contributed by atoms with E-state index in [1.54, 1.807) is 48.6 Å². The van der Waals surface area contributed by atoms with Crippen LogP contribution in [0, 0.1) is 11.7 Å². The van der Waals surface area contributed by atoms with Gasteiger partial charge >= 0.3 is 0 Å². The maximum Gasteiger partial charge on any atom is 0.161 e. The highest BCUT2D eigenvalue weighted by Gasteiger charge is 2.31. The van der Waals surface area contributed by atoms with Crippen LogP contribution in [0.4, 0.5) is 13.2 Å². The average Bonchev–Trinajstić information content (AvgIpc) is 2.81. The molecular weight excluding hydrogens is 405 g/mol. The van der Waals surface area contributed by atoms with E-state index in [1.165, 1.54) is 12.8 Å². The summed E-state index contributed by atoms with van der Waals surface area (Å²) in [5.74, 6) is 0.974. The molecule has 2 unspecified atom stereocenters. The van der Waals surface area contributed by atoms with Gasteiger partial charge in [0, 0.05) is 5.56 Å². The highest BCUT2D eigenvalue weighted by molar-refractivity contribution is 5.75. The molecule has 0 heterocycles. The molecule has 2 atom stereocenters. The second kappa shape index (κ2) is 9.94. The van der Waals surface area contributed by atoms with E-state index in [1.807, 2.05) is 12.1 Å². The van der Waals surface area contributed by atoms with Crippen LogP contribution in [0.5, 0.6) is 0 Å². The number of alkyl halides is 2. The van der Waals surface area contributed by atoms with Crippen LogP contribution >= 0.6 is 0 Å². The molecule has 0 radical (unpaired) electrons. The van der Waals surface area contributed by atoms with Gasteiger partial charge in [-0.15, -0.1) is 6.58 Å². The van der Waals surface area contributed by atoms with E-state index in [2.05, 4.69) is 13.5 Å². The van der Waals surface area contributed by atoms with Crippen LogP contribution in [0.25, 0.3) is 16.7 Å². The van der Waals surface area contributed by atoms with Gasteiger partial charge < -0.3 is 0 Å². The summed E-state index contributed by atoms with van der Waals surface area (Å²) < 4.78 is 44.3. The number of hydrogen-bond donors (Lipinski definition) is 0. The Kier molecular flexibility index (Phi) is 7.03. The lowest BCUT2D eigenvalue weighted by molar-refractivity contribution is 0.238. The number of rotatable bonds is 6. The SMILES string of the molecule is C=CCCC1=CC=C(c2ccc(-c3ccc(C4CCC(C)CC4)cc3F)cc2)C(F)C1F. The topological polar surface area (TPSA) is 0 Å². The highest BCUT2D eigenvalue weighted by Crippen LogP contribution is 2.38. The molecule has 32 heavy (non-hydrogen) atoms. The molecule has 1 fully saturated rings. The standard InChI is InChI=1S/C29H31F3/c1-3-4-5-23-14-17-26(29(32)28(23)31)22-12-10-21(11-13-22)25-16-15-24(18-27(25)30)20-8-6-19(2)7-9-20/h3,10-20,28-29H,1,4-9H2,2H3. The first kappa shape index (κ1) is 22.6. The molecular formula is C29H31F3. The van der Waals surface area contributed by atoms with Crippen LogP contribution in [-0.2, 0) is 0 Å². The summed E-state index contributed by atoms with van der Waals surface area (Å²) in [5, 5.41) is 0. The lowest BCUT2D eigenvalue weighted by atomic mass is 9.79. The number of benzene rings is 2. The fourth-order valence-electron chi connectivity index (χ4n) is 4.93. The van der Waals surface area contributed by atoms with Crippen molar-refractivity contribution in [3.05, 3.63) is 89.8 Å². The zero-order valence-electron chi connectivity index (χ0n) is 18.7. The quantitative estimate of drug-likeness (QED) is 0.397. The second-order valence-corrected chi connectivity index (χ2v) is 9.27. The van der Waals surface area contributed by atoms with Crippen molar-refractivity contribution >= 4 is 5.57 Å². The normalized spacial score (nSPS) is 25.8. The van der Waals surface area contributed by atoms with Crippen molar-refractivity contribution in [3.8, 4) is 11.1 Å². The van der Waals surface area contributed by atoms with Crippen LogP contribution < -0.4 is 0 Å². The monoisotopic (exact) mass is 436 g/mol. The summed E-state index contributed by atoms with van der Waals surface area (Å²) in [5.41, 5.74) is 3.77. The van der Waals surface area contributed by atoms with Crippen LogP contribution in [0.2, 0.25) is 0 Å². The predicted molar refractivity (Wildman–Crippen MR) is 127 cm³/mol. The molecule has 0 amide bonds. The fraction of sp³-hybridized carbons (Fsp3) is 0.379. The third kappa shape index (κ3) is 4.77. The molecule has 168 valence electrons. The molecule has 0 bridgehead atoms. The van der Waals surface area contributed by atoms with Gasteiger partial charge in [0.1, 0.15) is 5.82 Å². The van der Waals surface area contributed by atoms with Gasteiger partial charge in [-0.2, -0.15) is 0 Å². The third-order valence-electron chi connectivity index (χ3n) is 7.03. The Morgan fingerprint density at radius 1 is 0.906 bits per heavy atom. The van der Waals surface area contributed by atoms with Gasteiger partial charge in [-0.05, 0) is 71.4 Å². The van der Waals surface area contributed by atoms with Crippen molar-refractivity contribution in [2.45, 2.75) is 63.7 Å². The first-order valence-corrected chi connectivity index (χ1v) is 11.7.